The van der Waals surface area contributed by atoms with E-state index in [0.717, 1.165) is 42.2 Å². The van der Waals surface area contributed by atoms with Gasteiger partial charge in [0, 0.05) is 5.39 Å². The molecule has 4 heteroatoms. The average molecular weight is 371 g/mol. The molecule has 2 fully saturated rings. The molecule has 4 nitrogen and oxygen atoms in total. The number of imide groups is 1. The van der Waals surface area contributed by atoms with E-state index in [-0.39, 0.29) is 23.7 Å². The number of fused-ring (bicyclic) bond motifs is 2. The highest BCUT2D eigenvalue weighted by molar-refractivity contribution is 6.22. The molecule has 1 aliphatic carbocycles. The van der Waals surface area contributed by atoms with E-state index in [4.69, 9.17) is 4.74 Å². The smallest absolute Gasteiger partial charge is 0.237 e. The molecule has 1 aliphatic heterocycles. The van der Waals surface area contributed by atoms with Gasteiger partial charge in [0.1, 0.15) is 11.5 Å². The highest BCUT2D eigenvalue weighted by Gasteiger charge is 2.48. The Hall–Kier alpha value is -3.14. The molecule has 0 bridgehead atoms. The van der Waals surface area contributed by atoms with E-state index < -0.39 is 0 Å². The zero-order valence-corrected chi connectivity index (χ0v) is 15.5. The number of rotatable bonds is 3. The molecule has 2 amide bonds. The summed E-state index contributed by atoms with van der Waals surface area (Å²) in [4.78, 5) is 26.9. The second-order valence-electron chi connectivity index (χ2n) is 7.58. The van der Waals surface area contributed by atoms with Crippen molar-refractivity contribution in [3.63, 3.8) is 0 Å². The largest absolute Gasteiger partial charge is 0.457 e. The number of nitrogens with zero attached hydrogens (tertiary/aromatic N) is 1. The molecule has 2 aliphatic rings. The Labute approximate surface area is 163 Å². The maximum Gasteiger partial charge on any atom is 0.237 e. The summed E-state index contributed by atoms with van der Waals surface area (Å²) in [6.45, 7) is 0. The number of carbonyl (C=O) groups is 2. The second kappa shape index (κ2) is 6.79. The maximum absolute atomic E-state index is 12.7. The molecule has 1 saturated carbocycles. The van der Waals surface area contributed by atoms with Gasteiger partial charge in [-0.25, -0.2) is 0 Å². The minimum atomic E-state index is -0.132. The van der Waals surface area contributed by atoms with E-state index in [1.165, 1.54) is 4.90 Å². The summed E-state index contributed by atoms with van der Waals surface area (Å²) in [5.74, 6) is 1.11. The van der Waals surface area contributed by atoms with Crippen molar-refractivity contribution in [3.8, 4) is 11.5 Å². The normalized spacial score (nSPS) is 21.8. The van der Waals surface area contributed by atoms with Gasteiger partial charge >= 0.3 is 0 Å². The second-order valence-corrected chi connectivity index (χ2v) is 7.58. The molecular weight excluding hydrogens is 350 g/mol. The minimum Gasteiger partial charge on any atom is -0.457 e. The first-order valence-electron chi connectivity index (χ1n) is 9.86. The van der Waals surface area contributed by atoms with Crippen molar-refractivity contribution >= 4 is 28.3 Å². The van der Waals surface area contributed by atoms with Gasteiger partial charge in [0.05, 0.1) is 17.5 Å². The number of hydrogen-bond donors (Lipinski definition) is 0. The number of ether oxygens (including phenoxy) is 1. The van der Waals surface area contributed by atoms with Crippen molar-refractivity contribution < 1.29 is 14.3 Å². The molecular formula is C24H21NO3. The van der Waals surface area contributed by atoms with Crippen LogP contribution in [0.25, 0.3) is 10.8 Å². The Morgan fingerprint density at radius 1 is 0.750 bits per heavy atom. The van der Waals surface area contributed by atoms with Gasteiger partial charge in [-0.15, -0.1) is 0 Å². The van der Waals surface area contributed by atoms with Crippen molar-refractivity contribution in [3.05, 3.63) is 66.7 Å². The molecule has 1 heterocycles. The van der Waals surface area contributed by atoms with E-state index in [0.29, 0.717) is 11.4 Å². The molecule has 0 radical (unpaired) electrons. The van der Waals surface area contributed by atoms with Crippen LogP contribution in [0.5, 0.6) is 11.5 Å². The third-order valence-corrected chi connectivity index (χ3v) is 5.91. The third-order valence-electron chi connectivity index (χ3n) is 5.91. The highest BCUT2D eigenvalue weighted by Crippen LogP contribution is 2.40. The first-order valence-corrected chi connectivity index (χ1v) is 9.86. The Balaban J connectivity index is 1.40. The molecule has 3 aromatic rings. The lowest BCUT2D eigenvalue weighted by molar-refractivity contribution is -0.122. The monoisotopic (exact) mass is 371 g/mol. The quantitative estimate of drug-likeness (QED) is 0.586. The fraction of sp³-hybridized carbons (Fsp3) is 0.250. The first-order chi connectivity index (χ1) is 13.7. The molecule has 0 spiro atoms. The van der Waals surface area contributed by atoms with Crippen LogP contribution in [0.3, 0.4) is 0 Å². The summed E-state index contributed by atoms with van der Waals surface area (Å²) in [5.41, 5.74) is 0.634. The first kappa shape index (κ1) is 17.0. The van der Waals surface area contributed by atoms with Gasteiger partial charge in [0.15, 0.2) is 0 Å². The fourth-order valence-corrected chi connectivity index (χ4v) is 4.49. The van der Waals surface area contributed by atoms with Crippen LogP contribution in [0, 0.1) is 11.8 Å². The van der Waals surface area contributed by atoms with Gasteiger partial charge in [-0.3, -0.25) is 14.5 Å². The van der Waals surface area contributed by atoms with E-state index in [1.54, 1.807) is 12.1 Å². The van der Waals surface area contributed by atoms with Gasteiger partial charge in [-0.1, -0.05) is 49.2 Å². The lowest BCUT2D eigenvalue weighted by Crippen LogP contribution is -2.30. The summed E-state index contributed by atoms with van der Waals surface area (Å²) < 4.78 is 6.07. The van der Waals surface area contributed by atoms with Crippen LogP contribution in [0.15, 0.2) is 66.7 Å². The zero-order valence-electron chi connectivity index (χ0n) is 15.5. The lowest BCUT2D eigenvalue weighted by atomic mass is 9.81. The van der Waals surface area contributed by atoms with Crippen LogP contribution >= 0.6 is 0 Å². The van der Waals surface area contributed by atoms with Crippen molar-refractivity contribution in [1.29, 1.82) is 0 Å². The van der Waals surface area contributed by atoms with Crippen molar-refractivity contribution in [1.82, 2.24) is 0 Å². The zero-order chi connectivity index (χ0) is 19.1. The Bertz CT molecular complexity index is 1030. The van der Waals surface area contributed by atoms with Gasteiger partial charge < -0.3 is 4.74 Å². The molecule has 28 heavy (non-hydrogen) atoms. The Morgan fingerprint density at radius 2 is 1.39 bits per heavy atom. The van der Waals surface area contributed by atoms with Gasteiger partial charge in [0.25, 0.3) is 0 Å². The molecule has 0 aromatic heterocycles. The van der Waals surface area contributed by atoms with Crippen LogP contribution in [-0.2, 0) is 9.59 Å². The standard InChI is InChI=1S/C24H21NO3/c26-23-20-9-3-4-10-21(20)24(27)25(23)17-12-14-18(15-13-17)28-22-11-5-7-16-6-1-2-8-19(16)22/h1-2,5-8,11-15,20-21H,3-4,9-10H2/t20-,21+. The van der Waals surface area contributed by atoms with E-state index in [2.05, 4.69) is 12.1 Å². The van der Waals surface area contributed by atoms with Crippen LogP contribution in [0.1, 0.15) is 25.7 Å². The van der Waals surface area contributed by atoms with E-state index in [9.17, 15) is 9.59 Å². The van der Waals surface area contributed by atoms with E-state index in [1.807, 2.05) is 42.5 Å². The van der Waals surface area contributed by atoms with Crippen LogP contribution in [0.4, 0.5) is 5.69 Å². The fourth-order valence-electron chi connectivity index (χ4n) is 4.49. The summed E-state index contributed by atoms with van der Waals surface area (Å²) >= 11 is 0. The number of carbonyl (C=O) groups excluding carboxylic acids is 2. The van der Waals surface area contributed by atoms with Crippen molar-refractivity contribution in [2.45, 2.75) is 25.7 Å². The topological polar surface area (TPSA) is 46.6 Å². The lowest BCUT2D eigenvalue weighted by Gasteiger charge is -2.19. The molecule has 140 valence electrons. The van der Waals surface area contributed by atoms with E-state index >= 15 is 0 Å². The molecule has 2 atom stereocenters. The minimum absolute atomic E-state index is 0.0441. The predicted molar refractivity (Wildman–Crippen MR) is 108 cm³/mol. The summed E-state index contributed by atoms with van der Waals surface area (Å²) in [5, 5.41) is 2.16. The number of anilines is 1. The Morgan fingerprint density at radius 3 is 2.11 bits per heavy atom. The van der Waals surface area contributed by atoms with Crippen molar-refractivity contribution in [2.75, 3.05) is 4.90 Å². The van der Waals surface area contributed by atoms with Gasteiger partial charge in [-0.2, -0.15) is 0 Å². The molecule has 0 N–H and O–H groups in total. The summed E-state index contributed by atoms with van der Waals surface area (Å²) in [6.07, 6.45) is 3.72. The van der Waals surface area contributed by atoms with Crippen LogP contribution in [-0.4, -0.2) is 11.8 Å². The molecule has 3 aromatic carbocycles. The molecule has 1 saturated heterocycles. The van der Waals surface area contributed by atoms with Gasteiger partial charge in [-0.05, 0) is 48.6 Å². The third kappa shape index (κ3) is 2.76. The maximum atomic E-state index is 12.7. The van der Waals surface area contributed by atoms with Gasteiger partial charge in [0.2, 0.25) is 11.8 Å². The number of benzene rings is 3. The number of amides is 2. The highest BCUT2D eigenvalue weighted by atomic mass is 16.5. The Kier molecular flexibility index (Phi) is 4.12. The average Bonchev–Trinajstić information content (AvgIpc) is 3.00. The van der Waals surface area contributed by atoms with Crippen LogP contribution in [0.2, 0.25) is 0 Å². The number of hydrogen-bond acceptors (Lipinski definition) is 3. The predicted octanol–water partition coefficient (Wildman–Crippen LogP) is 5.31. The molecule has 0 unspecified atom stereocenters. The van der Waals surface area contributed by atoms with Crippen molar-refractivity contribution in [2.24, 2.45) is 11.8 Å². The van der Waals surface area contributed by atoms with Crippen LogP contribution < -0.4 is 9.64 Å². The molecule has 5 rings (SSSR count). The SMILES string of the molecule is O=C1[C@H]2CCCC[C@H]2C(=O)N1c1ccc(Oc2cccc3ccccc23)cc1. The summed E-state index contributed by atoms with van der Waals surface area (Å²) in [7, 11) is 0. The summed E-state index contributed by atoms with van der Waals surface area (Å²) in [6, 6.07) is 21.3.